The number of halogens is 2. The number of aromatic nitrogens is 2. The third kappa shape index (κ3) is 2.89. The predicted molar refractivity (Wildman–Crippen MR) is 61.7 cm³/mol. The molecule has 8 heteroatoms. The molecule has 1 fully saturated rings. The molecule has 1 atom stereocenters. The first-order chi connectivity index (χ1) is 9.00. The molecule has 1 aromatic rings. The fourth-order valence-corrected chi connectivity index (χ4v) is 2.48. The number of hydrogen-bond donors (Lipinski definition) is 1. The minimum absolute atomic E-state index is 0.0845. The highest BCUT2D eigenvalue weighted by molar-refractivity contribution is 5.33. The summed E-state index contributed by atoms with van der Waals surface area (Å²) in [6.45, 7) is 0. The third-order valence-corrected chi connectivity index (χ3v) is 3.49. The maximum atomic E-state index is 12.6. The number of alkyl halides is 2. The summed E-state index contributed by atoms with van der Waals surface area (Å²) in [6.07, 6.45) is 1.36. The summed E-state index contributed by atoms with van der Waals surface area (Å²) in [6, 6.07) is 0. The van der Waals surface area contributed by atoms with Crippen LogP contribution < -0.4 is 0 Å². The van der Waals surface area contributed by atoms with Gasteiger partial charge >= 0.3 is 5.69 Å². The van der Waals surface area contributed by atoms with Crippen molar-refractivity contribution < 1.29 is 18.8 Å². The van der Waals surface area contributed by atoms with Gasteiger partial charge in [0.1, 0.15) is 12.4 Å². The SMILES string of the molecule is O=[N+]([O-])c1cn(C(O)C2CCCCC2)nc1C(F)F. The van der Waals surface area contributed by atoms with Gasteiger partial charge < -0.3 is 5.11 Å². The van der Waals surface area contributed by atoms with Gasteiger partial charge in [-0.05, 0) is 12.8 Å². The smallest absolute Gasteiger partial charge is 0.316 e. The molecular formula is C11H15F2N3O3. The Balaban J connectivity index is 2.24. The second-order valence-electron chi connectivity index (χ2n) is 4.75. The van der Waals surface area contributed by atoms with Crippen molar-refractivity contribution in [3.8, 4) is 0 Å². The fourth-order valence-electron chi connectivity index (χ4n) is 2.48. The van der Waals surface area contributed by atoms with Crippen LogP contribution in [-0.4, -0.2) is 19.8 Å². The number of aliphatic hydroxyl groups excluding tert-OH is 1. The summed E-state index contributed by atoms with van der Waals surface area (Å²) in [7, 11) is 0. The van der Waals surface area contributed by atoms with E-state index in [0.29, 0.717) is 0 Å². The van der Waals surface area contributed by atoms with Crippen LogP contribution in [0.1, 0.15) is 50.5 Å². The Morgan fingerprint density at radius 3 is 2.53 bits per heavy atom. The summed E-state index contributed by atoms with van der Waals surface area (Å²) in [5.74, 6) is -0.0845. The van der Waals surface area contributed by atoms with Crippen molar-refractivity contribution in [2.75, 3.05) is 0 Å². The van der Waals surface area contributed by atoms with E-state index in [2.05, 4.69) is 5.10 Å². The van der Waals surface area contributed by atoms with Crippen LogP contribution in [0.2, 0.25) is 0 Å². The van der Waals surface area contributed by atoms with E-state index in [4.69, 9.17) is 0 Å². The lowest BCUT2D eigenvalue weighted by Crippen LogP contribution is -2.22. The normalized spacial score (nSPS) is 18.7. The Labute approximate surface area is 108 Å². The van der Waals surface area contributed by atoms with Gasteiger partial charge in [-0.25, -0.2) is 13.5 Å². The standard InChI is InChI=1S/C11H15F2N3O3/c12-10(13)9-8(16(18)19)6-15(14-9)11(17)7-4-2-1-3-5-7/h6-7,10-11,17H,1-5H2. The van der Waals surface area contributed by atoms with E-state index >= 15 is 0 Å². The Bertz CT molecular complexity index is 458. The van der Waals surface area contributed by atoms with Crippen LogP contribution in [0.25, 0.3) is 0 Å². The Morgan fingerprint density at radius 2 is 2.05 bits per heavy atom. The molecular weight excluding hydrogens is 260 g/mol. The zero-order valence-corrected chi connectivity index (χ0v) is 10.2. The van der Waals surface area contributed by atoms with Crippen LogP contribution in [0, 0.1) is 16.0 Å². The molecule has 1 N–H and O–H groups in total. The van der Waals surface area contributed by atoms with Gasteiger partial charge in [-0.2, -0.15) is 5.10 Å². The fraction of sp³-hybridized carbons (Fsp3) is 0.727. The van der Waals surface area contributed by atoms with Gasteiger partial charge in [0.05, 0.1) is 4.92 Å². The van der Waals surface area contributed by atoms with Crippen molar-refractivity contribution >= 4 is 5.69 Å². The molecule has 1 aliphatic carbocycles. The van der Waals surface area contributed by atoms with Gasteiger partial charge in [-0.3, -0.25) is 10.1 Å². The maximum absolute atomic E-state index is 12.6. The average molecular weight is 275 g/mol. The quantitative estimate of drug-likeness (QED) is 0.676. The number of rotatable bonds is 4. The van der Waals surface area contributed by atoms with E-state index in [1.807, 2.05) is 0 Å². The van der Waals surface area contributed by atoms with Gasteiger partial charge in [0.2, 0.25) is 5.69 Å². The first kappa shape index (κ1) is 13.9. The van der Waals surface area contributed by atoms with Crippen LogP contribution in [0.5, 0.6) is 0 Å². The zero-order valence-electron chi connectivity index (χ0n) is 10.2. The number of nitro groups is 1. The summed E-state index contributed by atoms with van der Waals surface area (Å²) in [5, 5.41) is 24.2. The second-order valence-corrected chi connectivity index (χ2v) is 4.75. The summed E-state index contributed by atoms with van der Waals surface area (Å²) < 4.78 is 26.2. The van der Waals surface area contributed by atoms with E-state index in [-0.39, 0.29) is 5.92 Å². The molecule has 0 spiro atoms. The highest BCUT2D eigenvalue weighted by Crippen LogP contribution is 2.34. The Hall–Kier alpha value is -1.57. The van der Waals surface area contributed by atoms with E-state index in [0.717, 1.165) is 43.0 Å². The summed E-state index contributed by atoms with van der Waals surface area (Å²) in [4.78, 5) is 9.77. The predicted octanol–water partition coefficient (Wildman–Crippen LogP) is 2.80. The van der Waals surface area contributed by atoms with Crippen LogP contribution >= 0.6 is 0 Å². The molecule has 1 aromatic heterocycles. The van der Waals surface area contributed by atoms with E-state index in [1.54, 1.807) is 0 Å². The van der Waals surface area contributed by atoms with Gasteiger partial charge in [-0.15, -0.1) is 0 Å². The van der Waals surface area contributed by atoms with Gasteiger partial charge in [-0.1, -0.05) is 19.3 Å². The van der Waals surface area contributed by atoms with Gasteiger partial charge in [0.25, 0.3) is 6.43 Å². The minimum atomic E-state index is -3.03. The molecule has 0 saturated heterocycles. The van der Waals surface area contributed by atoms with Gasteiger partial charge in [0, 0.05) is 5.92 Å². The zero-order chi connectivity index (χ0) is 14.0. The summed E-state index contributed by atoms with van der Waals surface area (Å²) >= 11 is 0. The molecule has 0 aliphatic heterocycles. The third-order valence-electron chi connectivity index (χ3n) is 3.49. The van der Waals surface area contributed by atoms with Crippen molar-refractivity contribution in [1.82, 2.24) is 9.78 Å². The molecule has 6 nitrogen and oxygen atoms in total. The summed E-state index contributed by atoms with van der Waals surface area (Å²) in [5.41, 5.74) is -1.63. The Kier molecular flexibility index (Phi) is 4.08. The number of nitrogens with zero attached hydrogens (tertiary/aromatic N) is 3. The van der Waals surface area contributed by atoms with E-state index < -0.39 is 29.0 Å². The van der Waals surface area contributed by atoms with E-state index in [9.17, 15) is 24.0 Å². The van der Waals surface area contributed by atoms with Gasteiger partial charge in [0.15, 0.2) is 0 Å². The Morgan fingerprint density at radius 1 is 1.42 bits per heavy atom. The molecule has 0 aromatic carbocycles. The molecule has 0 radical (unpaired) electrons. The van der Waals surface area contributed by atoms with Crippen LogP contribution in [-0.2, 0) is 0 Å². The maximum Gasteiger partial charge on any atom is 0.316 e. The first-order valence-electron chi connectivity index (χ1n) is 6.20. The first-order valence-corrected chi connectivity index (χ1v) is 6.20. The molecule has 106 valence electrons. The minimum Gasteiger partial charge on any atom is -0.371 e. The van der Waals surface area contributed by atoms with Crippen molar-refractivity contribution in [2.24, 2.45) is 5.92 Å². The van der Waals surface area contributed by atoms with Crippen molar-refractivity contribution in [1.29, 1.82) is 0 Å². The molecule has 2 rings (SSSR count). The van der Waals surface area contributed by atoms with Crippen LogP contribution in [0.15, 0.2) is 6.20 Å². The topological polar surface area (TPSA) is 81.2 Å². The van der Waals surface area contributed by atoms with E-state index in [1.165, 1.54) is 0 Å². The molecule has 0 amide bonds. The van der Waals surface area contributed by atoms with Crippen molar-refractivity contribution in [3.05, 3.63) is 22.0 Å². The van der Waals surface area contributed by atoms with Crippen molar-refractivity contribution in [2.45, 2.75) is 44.8 Å². The largest absolute Gasteiger partial charge is 0.371 e. The average Bonchev–Trinajstić information content (AvgIpc) is 2.84. The number of aliphatic hydroxyl groups is 1. The van der Waals surface area contributed by atoms with Crippen LogP contribution in [0.3, 0.4) is 0 Å². The highest BCUT2D eigenvalue weighted by Gasteiger charge is 2.31. The van der Waals surface area contributed by atoms with Crippen molar-refractivity contribution in [3.63, 3.8) is 0 Å². The molecule has 0 bridgehead atoms. The molecule has 1 saturated carbocycles. The highest BCUT2D eigenvalue weighted by atomic mass is 19.3. The molecule has 1 unspecified atom stereocenters. The monoisotopic (exact) mass is 275 g/mol. The lowest BCUT2D eigenvalue weighted by molar-refractivity contribution is -0.386. The lowest BCUT2D eigenvalue weighted by Gasteiger charge is -2.26. The lowest BCUT2D eigenvalue weighted by atomic mass is 9.88. The number of hydrogen-bond acceptors (Lipinski definition) is 4. The molecule has 19 heavy (non-hydrogen) atoms. The molecule has 1 aliphatic rings. The molecule has 1 heterocycles. The van der Waals surface area contributed by atoms with Crippen LogP contribution in [0.4, 0.5) is 14.5 Å². The second kappa shape index (κ2) is 5.60.